The van der Waals surface area contributed by atoms with Crippen molar-refractivity contribution in [3.05, 3.63) is 72.9 Å². The number of carboxylic acid groups (broad SMARTS) is 1. The fourth-order valence-electron chi connectivity index (χ4n) is 4.30. The average molecular weight is 560 g/mol. The number of ether oxygens (including phenoxy) is 4. The maximum Gasteiger partial charge on any atom is 0.405 e. The molecule has 0 radical (unpaired) electrons. The van der Waals surface area contributed by atoms with E-state index < -0.39 is 18.0 Å². The van der Waals surface area contributed by atoms with Crippen molar-refractivity contribution < 1.29 is 33.2 Å². The molecular formula is C29H26FN5O6. The van der Waals surface area contributed by atoms with E-state index in [1.54, 1.807) is 44.8 Å². The highest BCUT2D eigenvalue weighted by molar-refractivity contribution is 6.10. The lowest BCUT2D eigenvalue weighted by atomic mass is 10.0. The summed E-state index contributed by atoms with van der Waals surface area (Å²) in [6.45, 7) is -0.154. The molecule has 12 heteroatoms. The Morgan fingerprint density at radius 1 is 0.951 bits per heavy atom. The van der Waals surface area contributed by atoms with Gasteiger partial charge in [0.2, 0.25) is 0 Å². The SMILES string of the molecule is COc1cc2ncc3c(N)nc(-c4cncc(OC[C@@H](COc5cccc(F)c5)NC(=O)O)c4)cc3c2cc1OC. The molecule has 3 heterocycles. The lowest BCUT2D eigenvalue weighted by molar-refractivity contribution is 0.162. The second-order valence-corrected chi connectivity index (χ2v) is 8.97. The predicted octanol–water partition coefficient (Wildman–Crippen LogP) is 4.68. The van der Waals surface area contributed by atoms with Gasteiger partial charge in [0, 0.05) is 40.9 Å². The number of carbonyl (C=O) groups is 1. The largest absolute Gasteiger partial charge is 0.493 e. The number of hydrogen-bond donors (Lipinski definition) is 3. The number of hydrogen-bond acceptors (Lipinski definition) is 9. The predicted molar refractivity (Wildman–Crippen MR) is 150 cm³/mol. The zero-order chi connectivity index (χ0) is 28.9. The number of nitrogens with one attached hydrogen (secondary N) is 1. The summed E-state index contributed by atoms with van der Waals surface area (Å²) in [7, 11) is 3.12. The molecule has 210 valence electrons. The van der Waals surface area contributed by atoms with E-state index in [0.29, 0.717) is 39.4 Å². The molecule has 0 unspecified atom stereocenters. The summed E-state index contributed by atoms with van der Waals surface area (Å²) < 4.78 is 35.7. The van der Waals surface area contributed by atoms with Crippen LogP contribution >= 0.6 is 0 Å². The Bertz CT molecular complexity index is 1730. The van der Waals surface area contributed by atoms with Gasteiger partial charge >= 0.3 is 6.09 Å². The highest BCUT2D eigenvalue weighted by Gasteiger charge is 2.16. The van der Waals surface area contributed by atoms with E-state index in [1.807, 2.05) is 12.1 Å². The lowest BCUT2D eigenvalue weighted by Crippen LogP contribution is -2.42. The Morgan fingerprint density at radius 2 is 1.71 bits per heavy atom. The van der Waals surface area contributed by atoms with Crippen molar-refractivity contribution in [3.8, 4) is 34.3 Å². The molecule has 1 amide bonds. The summed E-state index contributed by atoms with van der Waals surface area (Å²) in [5.74, 6) is 1.57. The average Bonchev–Trinajstić information content (AvgIpc) is 2.97. The molecule has 4 N–H and O–H groups in total. The van der Waals surface area contributed by atoms with E-state index in [4.69, 9.17) is 24.7 Å². The maximum atomic E-state index is 13.5. The number of amides is 1. The molecule has 5 aromatic rings. The summed E-state index contributed by atoms with van der Waals surface area (Å²) in [6, 6.07) is 12.0. The molecule has 0 saturated carbocycles. The van der Waals surface area contributed by atoms with Crippen LogP contribution in [0.5, 0.6) is 23.0 Å². The van der Waals surface area contributed by atoms with Gasteiger partial charge in [0.25, 0.3) is 0 Å². The molecule has 0 spiro atoms. The van der Waals surface area contributed by atoms with Gasteiger partial charge in [-0.15, -0.1) is 0 Å². The molecule has 0 saturated heterocycles. The van der Waals surface area contributed by atoms with E-state index in [-0.39, 0.29) is 24.8 Å². The Balaban J connectivity index is 1.40. The van der Waals surface area contributed by atoms with Crippen LogP contribution < -0.4 is 30.0 Å². The maximum absolute atomic E-state index is 13.5. The summed E-state index contributed by atoms with van der Waals surface area (Å²) in [5, 5.41) is 13.9. The van der Waals surface area contributed by atoms with Crippen LogP contribution in [0.25, 0.3) is 32.9 Å². The monoisotopic (exact) mass is 559 g/mol. The number of anilines is 1. The second kappa shape index (κ2) is 11.8. The number of nitrogens with two attached hydrogens (primary N) is 1. The van der Waals surface area contributed by atoms with Crippen molar-refractivity contribution in [2.75, 3.05) is 33.2 Å². The van der Waals surface area contributed by atoms with Gasteiger partial charge in [0.05, 0.1) is 31.6 Å². The zero-order valence-electron chi connectivity index (χ0n) is 22.1. The third kappa shape index (κ3) is 6.11. The Kier molecular flexibility index (Phi) is 7.81. The first-order valence-electron chi connectivity index (χ1n) is 12.4. The molecule has 0 fully saturated rings. The van der Waals surface area contributed by atoms with Crippen LogP contribution in [0.3, 0.4) is 0 Å². The molecule has 3 aromatic heterocycles. The van der Waals surface area contributed by atoms with Gasteiger partial charge in [-0.3, -0.25) is 9.97 Å². The van der Waals surface area contributed by atoms with Crippen LogP contribution in [-0.4, -0.2) is 59.6 Å². The fraction of sp³-hybridized carbons (Fsp3) is 0.172. The number of rotatable bonds is 10. The molecule has 0 aliphatic carbocycles. The van der Waals surface area contributed by atoms with Gasteiger partial charge in [-0.1, -0.05) is 6.07 Å². The van der Waals surface area contributed by atoms with Gasteiger partial charge in [-0.05, 0) is 35.7 Å². The van der Waals surface area contributed by atoms with Crippen LogP contribution in [0.4, 0.5) is 15.0 Å². The summed E-state index contributed by atoms with van der Waals surface area (Å²) in [6.07, 6.45) is 3.53. The van der Waals surface area contributed by atoms with Crippen molar-refractivity contribution in [3.63, 3.8) is 0 Å². The van der Waals surface area contributed by atoms with Gasteiger partial charge in [0.1, 0.15) is 42.4 Å². The molecule has 0 aliphatic rings. The second-order valence-electron chi connectivity index (χ2n) is 8.97. The molecule has 41 heavy (non-hydrogen) atoms. The Morgan fingerprint density at radius 3 is 2.44 bits per heavy atom. The molecule has 2 aromatic carbocycles. The Labute approximate surface area is 233 Å². The first kappa shape index (κ1) is 27.2. The highest BCUT2D eigenvalue weighted by Crippen LogP contribution is 2.37. The Hall–Kier alpha value is -5.39. The third-order valence-electron chi connectivity index (χ3n) is 6.25. The highest BCUT2D eigenvalue weighted by atomic mass is 19.1. The number of fused-ring (bicyclic) bond motifs is 3. The van der Waals surface area contributed by atoms with Crippen molar-refractivity contribution in [1.29, 1.82) is 0 Å². The summed E-state index contributed by atoms with van der Waals surface area (Å²) in [4.78, 5) is 24.6. The quantitative estimate of drug-likeness (QED) is 0.206. The topological polar surface area (TPSA) is 151 Å². The number of nitrogen functional groups attached to an aromatic ring is 1. The zero-order valence-corrected chi connectivity index (χ0v) is 22.1. The molecule has 11 nitrogen and oxygen atoms in total. The fourth-order valence-corrected chi connectivity index (χ4v) is 4.30. The van der Waals surface area contributed by atoms with Gasteiger partial charge in [0.15, 0.2) is 11.5 Å². The summed E-state index contributed by atoms with van der Waals surface area (Å²) >= 11 is 0. The van der Waals surface area contributed by atoms with Crippen LogP contribution in [0.15, 0.2) is 67.1 Å². The van der Waals surface area contributed by atoms with Crippen LogP contribution in [0.2, 0.25) is 0 Å². The van der Waals surface area contributed by atoms with Gasteiger partial charge < -0.3 is 35.1 Å². The number of benzene rings is 2. The molecular weight excluding hydrogens is 533 g/mol. The third-order valence-corrected chi connectivity index (χ3v) is 6.25. The van der Waals surface area contributed by atoms with E-state index in [1.165, 1.54) is 24.4 Å². The van der Waals surface area contributed by atoms with E-state index >= 15 is 0 Å². The van der Waals surface area contributed by atoms with Crippen molar-refractivity contribution >= 4 is 33.6 Å². The first-order chi connectivity index (χ1) is 19.8. The van der Waals surface area contributed by atoms with Gasteiger partial charge in [-0.25, -0.2) is 14.2 Å². The van der Waals surface area contributed by atoms with Crippen LogP contribution in [0.1, 0.15) is 0 Å². The normalized spacial score (nSPS) is 11.7. The lowest BCUT2D eigenvalue weighted by Gasteiger charge is -2.18. The van der Waals surface area contributed by atoms with Crippen LogP contribution in [-0.2, 0) is 0 Å². The van der Waals surface area contributed by atoms with E-state index in [0.717, 1.165) is 10.8 Å². The number of nitrogens with zero attached hydrogens (tertiary/aromatic N) is 3. The van der Waals surface area contributed by atoms with E-state index in [9.17, 15) is 14.3 Å². The van der Waals surface area contributed by atoms with Crippen molar-refractivity contribution in [2.24, 2.45) is 0 Å². The molecule has 1 atom stereocenters. The van der Waals surface area contributed by atoms with Crippen molar-refractivity contribution in [1.82, 2.24) is 20.3 Å². The molecule has 5 rings (SSSR count). The molecule has 0 bridgehead atoms. The smallest absolute Gasteiger partial charge is 0.405 e. The van der Waals surface area contributed by atoms with Crippen molar-refractivity contribution in [2.45, 2.75) is 6.04 Å². The molecule has 0 aliphatic heterocycles. The minimum absolute atomic E-state index is 0.0715. The standard InChI is InChI=1S/C29H26FN5O6/c1-38-26-9-22-21-8-24(35-28(31)23(21)13-33-25(22)10-27(26)39-2)16-6-20(12-32-11-16)41-15-18(34-29(36)37)14-40-19-5-3-4-17(30)7-19/h3-13,18,34H,14-15H2,1-2H3,(H2,31,35)(H,36,37)/t18-/m1/s1. The minimum Gasteiger partial charge on any atom is -0.493 e. The summed E-state index contributed by atoms with van der Waals surface area (Å²) in [5.41, 5.74) is 8.19. The number of halogens is 1. The number of methoxy groups -OCH3 is 2. The first-order valence-corrected chi connectivity index (χ1v) is 12.4. The van der Waals surface area contributed by atoms with Crippen LogP contribution in [0, 0.1) is 5.82 Å². The number of pyridine rings is 3. The van der Waals surface area contributed by atoms with E-state index in [2.05, 4.69) is 20.3 Å². The number of aromatic nitrogens is 3. The van der Waals surface area contributed by atoms with Gasteiger partial charge in [-0.2, -0.15) is 0 Å². The minimum atomic E-state index is -1.25.